The molecule has 3 aromatic rings. The maximum atomic E-state index is 12.6. The van der Waals surface area contributed by atoms with Crippen molar-refractivity contribution in [3.8, 4) is 11.5 Å². The first-order chi connectivity index (χ1) is 18.8. The molecule has 11 nitrogen and oxygen atoms in total. The number of benzene rings is 2. The lowest BCUT2D eigenvalue weighted by atomic mass is 9.96. The summed E-state index contributed by atoms with van der Waals surface area (Å²) in [6, 6.07) is 4.82. The number of nitrogens with two attached hydrogens (primary N) is 2. The predicted molar refractivity (Wildman–Crippen MR) is 152 cm³/mol. The third-order valence-corrected chi connectivity index (χ3v) is 7.02. The van der Waals surface area contributed by atoms with Crippen LogP contribution in [0, 0.1) is 34.6 Å². The number of phenolic OH excluding ortho intramolecular Hbond substituents is 2. The first-order valence-corrected chi connectivity index (χ1v) is 13.0. The normalized spacial score (nSPS) is 12.6. The molecule has 40 heavy (non-hydrogen) atoms. The van der Waals surface area contributed by atoms with E-state index in [0.717, 1.165) is 33.4 Å². The van der Waals surface area contributed by atoms with E-state index < -0.39 is 29.5 Å². The first kappa shape index (κ1) is 30.3. The maximum Gasteiger partial charge on any atom is 0.271 e. The van der Waals surface area contributed by atoms with Crippen molar-refractivity contribution in [3.05, 3.63) is 85.1 Å². The molecule has 0 aliphatic heterocycles. The molecule has 2 atom stereocenters. The van der Waals surface area contributed by atoms with E-state index in [2.05, 4.69) is 20.6 Å². The number of aromatic hydroxyl groups is 2. The van der Waals surface area contributed by atoms with Crippen molar-refractivity contribution in [1.82, 2.24) is 20.6 Å². The van der Waals surface area contributed by atoms with Crippen LogP contribution in [-0.4, -0.2) is 44.1 Å². The molecule has 1 heterocycles. The molecule has 1 aromatic heterocycles. The summed E-state index contributed by atoms with van der Waals surface area (Å²) in [5.41, 5.74) is 17.9. The molecule has 0 spiro atoms. The highest BCUT2D eigenvalue weighted by atomic mass is 16.3. The number of phenols is 2. The van der Waals surface area contributed by atoms with Gasteiger partial charge in [0.25, 0.3) is 5.56 Å². The van der Waals surface area contributed by atoms with E-state index in [1.54, 1.807) is 31.2 Å². The van der Waals surface area contributed by atoms with Gasteiger partial charge in [0.1, 0.15) is 17.2 Å². The molecule has 0 radical (unpaired) electrons. The summed E-state index contributed by atoms with van der Waals surface area (Å²) < 4.78 is 0. The standard InChI is InChI=1S/C29H38N6O5/c1-14-6-19(36)7-15(2)21(14)10-23(30)27(38)32-12-25-18(5)34-26(29(40)35-25)13-33-28(39)24(31)11-22-16(3)8-20(37)9-17(22)4/h6-9,23-24,36-37H,10-13,30-31H2,1-5H3,(H,32,38)(H,33,39)(H,35,40)/t23-,24-/m0/s1. The van der Waals surface area contributed by atoms with E-state index in [1.807, 2.05) is 27.7 Å². The van der Waals surface area contributed by atoms with Gasteiger partial charge in [-0.1, -0.05) is 0 Å². The van der Waals surface area contributed by atoms with Crippen molar-refractivity contribution in [1.29, 1.82) is 0 Å². The molecule has 0 aliphatic carbocycles. The van der Waals surface area contributed by atoms with Crippen LogP contribution in [0.2, 0.25) is 0 Å². The van der Waals surface area contributed by atoms with Gasteiger partial charge in [-0.25, -0.2) is 4.98 Å². The first-order valence-electron chi connectivity index (χ1n) is 13.0. The zero-order chi connectivity index (χ0) is 29.7. The van der Waals surface area contributed by atoms with Crippen LogP contribution >= 0.6 is 0 Å². The minimum absolute atomic E-state index is 0.0248. The van der Waals surface area contributed by atoms with Crippen molar-refractivity contribution in [2.24, 2.45) is 11.5 Å². The van der Waals surface area contributed by atoms with Gasteiger partial charge >= 0.3 is 0 Å². The summed E-state index contributed by atoms with van der Waals surface area (Å²) in [7, 11) is 0. The highest BCUT2D eigenvalue weighted by Crippen LogP contribution is 2.23. The molecule has 0 saturated heterocycles. The Morgan fingerprint density at radius 1 is 0.800 bits per heavy atom. The monoisotopic (exact) mass is 550 g/mol. The average Bonchev–Trinajstić information content (AvgIpc) is 2.86. The number of carbonyl (C=O) groups excluding carboxylic acids is 2. The quantitative estimate of drug-likeness (QED) is 0.195. The predicted octanol–water partition coefficient (Wildman–Crippen LogP) is 1.10. The summed E-state index contributed by atoms with van der Waals surface area (Å²) in [5.74, 6) is -0.511. The summed E-state index contributed by atoms with van der Waals surface area (Å²) in [6.45, 7) is 8.98. The third-order valence-electron chi connectivity index (χ3n) is 7.02. The molecule has 3 rings (SSSR count). The SMILES string of the molecule is Cc1cc(O)cc(C)c1C[C@H](N)C(=O)NCc1[nH]c(=O)c(CNC(=O)[C@@H](N)Cc2c(C)cc(O)cc2C)nc1C. The number of carbonyl (C=O) groups is 2. The number of nitrogens with one attached hydrogen (secondary N) is 3. The van der Waals surface area contributed by atoms with Gasteiger partial charge in [0, 0.05) is 0 Å². The second-order valence-electron chi connectivity index (χ2n) is 10.2. The molecule has 9 N–H and O–H groups in total. The molecule has 0 unspecified atom stereocenters. The average molecular weight is 551 g/mol. The molecule has 11 heteroatoms. The number of hydrogen-bond donors (Lipinski definition) is 7. The van der Waals surface area contributed by atoms with Gasteiger partial charge in [-0.2, -0.15) is 0 Å². The zero-order valence-electron chi connectivity index (χ0n) is 23.5. The van der Waals surface area contributed by atoms with E-state index >= 15 is 0 Å². The van der Waals surface area contributed by atoms with Gasteiger partial charge in [-0.05, 0) is 105 Å². The second-order valence-corrected chi connectivity index (χ2v) is 10.2. The summed E-state index contributed by atoms with van der Waals surface area (Å²) >= 11 is 0. The number of H-pyrrole nitrogens is 1. The van der Waals surface area contributed by atoms with Gasteiger partial charge in [-0.3, -0.25) is 14.4 Å². The minimum atomic E-state index is -0.852. The van der Waals surface area contributed by atoms with Crippen molar-refractivity contribution in [2.45, 2.75) is 72.6 Å². The highest BCUT2D eigenvalue weighted by Gasteiger charge is 2.20. The van der Waals surface area contributed by atoms with Gasteiger partial charge in [0.2, 0.25) is 11.8 Å². The Bertz CT molecular complexity index is 1440. The number of aryl methyl sites for hydroxylation is 5. The van der Waals surface area contributed by atoms with Crippen LogP contribution in [-0.2, 0) is 35.5 Å². The third kappa shape index (κ3) is 7.45. The molecule has 214 valence electrons. The Morgan fingerprint density at radius 3 is 1.62 bits per heavy atom. The van der Waals surface area contributed by atoms with Gasteiger partial charge in [0.15, 0.2) is 0 Å². The van der Waals surface area contributed by atoms with Crippen LogP contribution in [0.4, 0.5) is 0 Å². The van der Waals surface area contributed by atoms with Gasteiger partial charge < -0.3 is 37.3 Å². The molecular formula is C29H38N6O5. The molecule has 0 saturated carbocycles. The fourth-order valence-electron chi connectivity index (χ4n) is 4.73. The van der Waals surface area contributed by atoms with E-state index in [9.17, 15) is 24.6 Å². The minimum Gasteiger partial charge on any atom is -0.508 e. The zero-order valence-corrected chi connectivity index (χ0v) is 23.5. The van der Waals surface area contributed by atoms with E-state index in [-0.39, 0.29) is 36.7 Å². The number of nitrogens with zero attached hydrogens (tertiary/aromatic N) is 1. The van der Waals surface area contributed by atoms with Crippen LogP contribution < -0.4 is 27.7 Å². The largest absolute Gasteiger partial charge is 0.508 e. The fraction of sp³-hybridized carbons (Fsp3) is 0.379. The lowest BCUT2D eigenvalue weighted by molar-refractivity contribution is -0.123. The fourth-order valence-corrected chi connectivity index (χ4v) is 4.73. The Balaban J connectivity index is 1.57. The Kier molecular flexibility index (Phi) is 9.67. The highest BCUT2D eigenvalue weighted by molar-refractivity contribution is 5.82. The molecule has 2 amide bonds. The topological polar surface area (TPSA) is 196 Å². The molecule has 2 aromatic carbocycles. The van der Waals surface area contributed by atoms with Crippen LogP contribution in [0.1, 0.15) is 50.5 Å². The van der Waals surface area contributed by atoms with Crippen molar-refractivity contribution < 1.29 is 19.8 Å². The lowest BCUT2D eigenvalue weighted by Crippen LogP contribution is -2.43. The van der Waals surface area contributed by atoms with Crippen molar-refractivity contribution >= 4 is 11.8 Å². The lowest BCUT2D eigenvalue weighted by Gasteiger charge is -2.17. The van der Waals surface area contributed by atoms with Crippen LogP contribution in [0.5, 0.6) is 11.5 Å². The molecule has 0 aliphatic rings. The van der Waals surface area contributed by atoms with Crippen LogP contribution in [0.3, 0.4) is 0 Å². The van der Waals surface area contributed by atoms with Gasteiger partial charge in [-0.15, -0.1) is 0 Å². The second kappa shape index (κ2) is 12.8. The van der Waals surface area contributed by atoms with Crippen LogP contribution in [0.15, 0.2) is 29.1 Å². The molecular weight excluding hydrogens is 512 g/mol. The van der Waals surface area contributed by atoms with Crippen molar-refractivity contribution in [3.63, 3.8) is 0 Å². The summed E-state index contributed by atoms with van der Waals surface area (Å²) in [5, 5.41) is 24.8. The van der Waals surface area contributed by atoms with Crippen LogP contribution in [0.25, 0.3) is 0 Å². The summed E-state index contributed by atoms with van der Waals surface area (Å²) in [4.78, 5) is 44.9. The summed E-state index contributed by atoms with van der Waals surface area (Å²) in [6.07, 6.45) is 0.573. The number of aromatic amines is 1. The van der Waals surface area contributed by atoms with Crippen molar-refractivity contribution in [2.75, 3.05) is 0 Å². The number of hydrogen-bond acceptors (Lipinski definition) is 8. The van der Waals surface area contributed by atoms with E-state index in [0.29, 0.717) is 17.8 Å². The number of rotatable bonds is 10. The maximum absolute atomic E-state index is 12.6. The van der Waals surface area contributed by atoms with Gasteiger partial charge in [0.05, 0.1) is 36.6 Å². The molecule has 0 fully saturated rings. The Labute approximate surface area is 233 Å². The molecule has 0 bridgehead atoms. The number of amides is 2. The Hall–Kier alpha value is -4.22. The Morgan fingerprint density at radius 2 is 1.20 bits per heavy atom. The van der Waals surface area contributed by atoms with E-state index in [1.165, 1.54) is 0 Å². The smallest absolute Gasteiger partial charge is 0.271 e. The van der Waals surface area contributed by atoms with E-state index in [4.69, 9.17) is 11.5 Å². The number of aromatic nitrogens is 2.